The molecule has 2 atom stereocenters. The monoisotopic (exact) mass is 292 g/mol. The smallest absolute Gasteiger partial charge is 0.227 e. The summed E-state index contributed by atoms with van der Waals surface area (Å²) >= 11 is 0. The van der Waals surface area contributed by atoms with Gasteiger partial charge >= 0.3 is 0 Å². The summed E-state index contributed by atoms with van der Waals surface area (Å²) in [5.74, 6) is 0.289. The molecule has 1 N–H and O–H groups in total. The van der Waals surface area contributed by atoms with Gasteiger partial charge in [-0.2, -0.15) is 0 Å². The molecule has 3 aliphatic rings. The summed E-state index contributed by atoms with van der Waals surface area (Å²) in [6.07, 6.45) is 9.44. The number of aromatic amines is 1. The van der Waals surface area contributed by atoms with Crippen LogP contribution < -0.4 is 0 Å². The molecule has 2 aliphatic heterocycles. The molecule has 0 unspecified atom stereocenters. The molecule has 112 valence electrons. The first-order valence-electron chi connectivity index (χ1n) is 8.27. The molecule has 0 bridgehead atoms. The zero-order valence-corrected chi connectivity index (χ0v) is 12.9. The van der Waals surface area contributed by atoms with Gasteiger partial charge in [0.15, 0.2) is 0 Å². The number of rotatable bonds is 0. The number of aromatic nitrogens is 1. The van der Waals surface area contributed by atoms with Crippen LogP contribution in [-0.4, -0.2) is 15.8 Å². The van der Waals surface area contributed by atoms with Crippen LogP contribution in [0, 0.1) is 5.41 Å². The number of benzene rings is 1. The number of carbonyl (C=O) groups is 1. The lowest BCUT2D eigenvalue weighted by Gasteiger charge is -2.51. The van der Waals surface area contributed by atoms with E-state index in [9.17, 15) is 4.79 Å². The van der Waals surface area contributed by atoms with Gasteiger partial charge in [-0.25, -0.2) is 0 Å². The van der Waals surface area contributed by atoms with Crippen LogP contribution in [0.25, 0.3) is 17.0 Å². The molecule has 1 aromatic heterocycles. The molecule has 0 radical (unpaired) electrons. The number of H-pyrrole nitrogens is 1. The van der Waals surface area contributed by atoms with Crippen LogP contribution in [-0.2, 0) is 10.3 Å². The summed E-state index contributed by atoms with van der Waals surface area (Å²) in [6.45, 7) is 2.33. The molecule has 1 saturated heterocycles. The van der Waals surface area contributed by atoms with Crippen molar-refractivity contribution in [2.45, 2.75) is 44.6 Å². The summed E-state index contributed by atoms with van der Waals surface area (Å²) in [5.41, 5.74) is 3.64. The topological polar surface area (TPSA) is 36.1 Å². The number of hydrogen-bond donors (Lipinski definition) is 1. The van der Waals surface area contributed by atoms with Gasteiger partial charge in [0.1, 0.15) is 0 Å². The molecule has 22 heavy (non-hydrogen) atoms. The number of fused-ring (bicyclic) bond motifs is 3. The third-order valence-electron chi connectivity index (χ3n) is 6.28. The first-order valence-corrected chi connectivity index (χ1v) is 8.27. The highest BCUT2D eigenvalue weighted by Crippen LogP contribution is 2.63. The van der Waals surface area contributed by atoms with Gasteiger partial charge < -0.3 is 9.88 Å². The van der Waals surface area contributed by atoms with Crippen molar-refractivity contribution in [2.24, 2.45) is 5.41 Å². The Morgan fingerprint density at radius 3 is 2.91 bits per heavy atom. The highest BCUT2D eigenvalue weighted by molar-refractivity contribution is 5.93. The Kier molecular flexibility index (Phi) is 2.18. The number of carbonyl (C=O) groups excluding carboxylic acids is 1. The fraction of sp³-hybridized carbons (Fsp3) is 0.421. The maximum atomic E-state index is 12.7. The van der Waals surface area contributed by atoms with Gasteiger partial charge in [-0.05, 0) is 25.0 Å². The molecular weight excluding hydrogens is 272 g/mol. The third-order valence-corrected chi connectivity index (χ3v) is 6.28. The normalized spacial score (nSPS) is 33.0. The molecular formula is C19H20N2O. The highest BCUT2D eigenvalue weighted by Gasteiger charge is 2.63. The van der Waals surface area contributed by atoms with Gasteiger partial charge in [-0.15, -0.1) is 0 Å². The Morgan fingerprint density at radius 1 is 1.18 bits per heavy atom. The van der Waals surface area contributed by atoms with Crippen molar-refractivity contribution in [2.75, 3.05) is 0 Å². The summed E-state index contributed by atoms with van der Waals surface area (Å²) in [7, 11) is 0. The molecule has 1 aromatic carbocycles. The Balaban J connectivity index is 1.90. The van der Waals surface area contributed by atoms with Crippen molar-refractivity contribution < 1.29 is 4.79 Å². The lowest BCUT2D eigenvalue weighted by atomic mass is 9.59. The van der Waals surface area contributed by atoms with Crippen LogP contribution in [0.4, 0.5) is 0 Å². The molecule has 2 fully saturated rings. The SMILES string of the molecule is C[C@@]12CCCC[C@]13c1c([nH]c4ccccc14)C=CN3C(=O)C2. The van der Waals surface area contributed by atoms with E-state index in [1.807, 2.05) is 6.20 Å². The summed E-state index contributed by atoms with van der Waals surface area (Å²) in [4.78, 5) is 18.3. The standard InChI is InChI=1S/C19H20N2O/c1-18-9-4-5-10-19(18)17-13-6-2-3-7-14(13)20-15(17)8-11-21(19)16(22)12-18/h2-3,6-8,11,20H,4-5,9-10,12H2,1H3/t18-,19-/m0/s1. The predicted octanol–water partition coefficient (Wildman–Crippen LogP) is 4.16. The number of hydrogen-bond acceptors (Lipinski definition) is 1. The average molecular weight is 292 g/mol. The Hall–Kier alpha value is -2.03. The van der Waals surface area contributed by atoms with Crippen molar-refractivity contribution in [1.82, 2.24) is 9.88 Å². The van der Waals surface area contributed by atoms with Crippen LogP contribution in [0.1, 0.15) is 50.3 Å². The Labute approximate surface area is 130 Å². The maximum Gasteiger partial charge on any atom is 0.227 e. The van der Waals surface area contributed by atoms with E-state index in [-0.39, 0.29) is 16.9 Å². The molecule has 1 aliphatic carbocycles. The minimum atomic E-state index is -0.147. The third kappa shape index (κ3) is 1.23. The quantitative estimate of drug-likeness (QED) is 0.777. The van der Waals surface area contributed by atoms with E-state index in [1.165, 1.54) is 35.0 Å². The zero-order chi connectivity index (χ0) is 14.9. The lowest BCUT2D eigenvalue weighted by Crippen LogP contribution is -2.51. The second kappa shape index (κ2) is 3.83. The van der Waals surface area contributed by atoms with Crippen LogP contribution in [0.5, 0.6) is 0 Å². The van der Waals surface area contributed by atoms with Crippen LogP contribution in [0.15, 0.2) is 30.5 Å². The molecule has 1 saturated carbocycles. The van der Waals surface area contributed by atoms with E-state index in [2.05, 4.69) is 47.1 Å². The number of nitrogens with one attached hydrogen (secondary N) is 1. The van der Waals surface area contributed by atoms with E-state index in [0.29, 0.717) is 6.42 Å². The molecule has 3 heteroatoms. The van der Waals surface area contributed by atoms with E-state index in [4.69, 9.17) is 0 Å². The summed E-state index contributed by atoms with van der Waals surface area (Å²) < 4.78 is 0. The maximum absolute atomic E-state index is 12.7. The average Bonchev–Trinajstić information content (AvgIpc) is 2.99. The molecule has 1 amide bonds. The second-order valence-electron chi connectivity index (χ2n) is 7.34. The number of para-hydroxylation sites is 1. The van der Waals surface area contributed by atoms with Crippen molar-refractivity contribution in [3.05, 3.63) is 41.7 Å². The largest absolute Gasteiger partial charge is 0.355 e. The van der Waals surface area contributed by atoms with Gasteiger partial charge in [0.25, 0.3) is 0 Å². The Bertz CT molecular complexity index is 833. The van der Waals surface area contributed by atoms with Crippen LogP contribution in [0.3, 0.4) is 0 Å². The van der Waals surface area contributed by atoms with E-state index in [0.717, 1.165) is 12.8 Å². The van der Waals surface area contributed by atoms with Crippen LogP contribution in [0.2, 0.25) is 0 Å². The minimum Gasteiger partial charge on any atom is -0.355 e. The Morgan fingerprint density at radius 2 is 2.00 bits per heavy atom. The predicted molar refractivity (Wildman–Crippen MR) is 87.0 cm³/mol. The second-order valence-corrected chi connectivity index (χ2v) is 7.34. The first kappa shape index (κ1) is 12.5. The van der Waals surface area contributed by atoms with Crippen molar-refractivity contribution in [1.29, 1.82) is 0 Å². The molecule has 2 aromatic rings. The lowest BCUT2D eigenvalue weighted by molar-refractivity contribution is -0.128. The minimum absolute atomic E-state index is 0.0484. The fourth-order valence-corrected chi connectivity index (χ4v) is 5.32. The van der Waals surface area contributed by atoms with Gasteiger partial charge in [0.05, 0.1) is 5.54 Å². The summed E-state index contributed by atoms with van der Waals surface area (Å²) in [6, 6.07) is 8.52. The van der Waals surface area contributed by atoms with Gasteiger partial charge in [0, 0.05) is 40.2 Å². The molecule has 3 heterocycles. The van der Waals surface area contributed by atoms with Gasteiger partial charge in [-0.1, -0.05) is 38.0 Å². The zero-order valence-electron chi connectivity index (χ0n) is 12.9. The van der Waals surface area contributed by atoms with E-state index < -0.39 is 0 Å². The van der Waals surface area contributed by atoms with Gasteiger partial charge in [0.2, 0.25) is 5.91 Å². The molecule has 1 spiro atoms. The van der Waals surface area contributed by atoms with Crippen LogP contribution >= 0.6 is 0 Å². The molecule has 5 rings (SSSR count). The van der Waals surface area contributed by atoms with E-state index >= 15 is 0 Å². The number of nitrogens with zero attached hydrogens (tertiary/aromatic N) is 1. The number of amides is 1. The van der Waals surface area contributed by atoms with E-state index in [1.54, 1.807) is 0 Å². The highest BCUT2D eigenvalue weighted by atomic mass is 16.2. The fourth-order valence-electron chi connectivity index (χ4n) is 5.32. The van der Waals surface area contributed by atoms with Crippen molar-refractivity contribution in [3.8, 4) is 0 Å². The summed E-state index contributed by atoms with van der Waals surface area (Å²) in [5, 5.41) is 1.29. The first-order chi connectivity index (χ1) is 10.7. The molecule has 3 nitrogen and oxygen atoms in total. The van der Waals surface area contributed by atoms with Crippen molar-refractivity contribution >= 4 is 22.9 Å². The van der Waals surface area contributed by atoms with Gasteiger partial charge in [-0.3, -0.25) is 4.79 Å². The van der Waals surface area contributed by atoms with Crippen molar-refractivity contribution in [3.63, 3.8) is 0 Å².